The molecule has 0 amide bonds. The van der Waals surface area contributed by atoms with E-state index < -0.39 is 0 Å². The largest absolute Gasteiger partial charge is 0.356 e. The third-order valence-electron chi connectivity index (χ3n) is 10.3. The van der Waals surface area contributed by atoms with Gasteiger partial charge in [-0.2, -0.15) is 0 Å². The van der Waals surface area contributed by atoms with Crippen LogP contribution in [0.3, 0.4) is 0 Å². The average molecular weight is 584 g/mol. The van der Waals surface area contributed by atoms with Crippen molar-refractivity contribution in [1.82, 2.24) is 0 Å². The molecular formula is C42H33NS. The van der Waals surface area contributed by atoms with Crippen molar-refractivity contribution in [2.24, 2.45) is 0 Å². The van der Waals surface area contributed by atoms with Gasteiger partial charge in [0.05, 0.1) is 0 Å². The fourth-order valence-corrected chi connectivity index (χ4v) is 9.35. The second-order valence-corrected chi connectivity index (χ2v) is 14.5. The molecule has 2 aliphatic carbocycles. The molecular weight excluding hydrogens is 551 g/mol. The van der Waals surface area contributed by atoms with Gasteiger partial charge in [-0.15, -0.1) is 11.3 Å². The van der Waals surface area contributed by atoms with E-state index in [-0.39, 0.29) is 10.8 Å². The Labute approximate surface area is 262 Å². The van der Waals surface area contributed by atoms with Crippen molar-refractivity contribution in [3.8, 4) is 33.4 Å². The summed E-state index contributed by atoms with van der Waals surface area (Å²) in [4.78, 5) is 0. The van der Waals surface area contributed by atoms with E-state index in [2.05, 4.69) is 154 Å². The highest BCUT2D eigenvalue weighted by Crippen LogP contribution is 2.54. The molecule has 0 saturated heterocycles. The molecule has 1 heterocycles. The molecule has 0 radical (unpaired) electrons. The first-order valence-corrected chi connectivity index (χ1v) is 16.3. The second-order valence-electron chi connectivity index (χ2n) is 13.5. The van der Waals surface area contributed by atoms with Gasteiger partial charge in [0.25, 0.3) is 0 Å². The van der Waals surface area contributed by atoms with Crippen LogP contribution in [-0.4, -0.2) is 0 Å². The van der Waals surface area contributed by atoms with Gasteiger partial charge in [-0.25, -0.2) is 0 Å². The first-order chi connectivity index (χ1) is 21.3. The van der Waals surface area contributed by atoms with Gasteiger partial charge in [0.1, 0.15) is 0 Å². The quantitative estimate of drug-likeness (QED) is 0.218. The van der Waals surface area contributed by atoms with Gasteiger partial charge in [-0.05, 0) is 74.3 Å². The topological polar surface area (TPSA) is 12.0 Å². The van der Waals surface area contributed by atoms with Crippen LogP contribution in [0, 0.1) is 0 Å². The summed E-state index contributed by atoms with van der Waals surface area (Å²) in [7, 11) is 0. The highest BCUT2D eigenvalue weighted by Gasteiger charge is 2.37. The summed E-state index contributed by atoms with van der Waals surface area (Å²) >= 11 is 1.95. The van der Waals surface area contributed by atoms with E-state index in [0.717, 1.165) is 11.4 Å². The van der Waals surface area contributed by atoms with Crippen molar-refractivity contribution < 1.29 is 0 Å². The molecule has 2 heteroatoms. The Kier molecular flexibility index (Phi) is 5.24. The third-order valence-corrected chi connectivity index (χ3v) is 11.6. The molecule has 2 aliphatic rings. The van der Waals surface area contributed by atoms with Gasteiger partial charge in [-0.3, -0.25) is 0 Å². The van der Waals surface area contributed by atoms with Crippen LogP contribution in [0.4, 0.5) is 11.4 Å². The summed E-state index contributed by atoms with van der Waals surface area (Å²) in [6.45, 7) is 9.39. The van der Waals surface area contributed by atoms with Crippen LogP contribution in [0.25, 0.3) is 53.6 Å². The van der Waals surface area contributed by atoms with Crippen molar-refractivity contribution in [1.29, 1.82) is 0 Å². The zero-order chi connectivity index (χ0) is 29.8. The van der Waals surface area contributed by atoms with Gasteiger partial charge in [0.2, 0.25) is 0 Å². The van der Waals surface area contributed by atoms with Crippen LogP contribution < -0.4 is 5.32 Å². The van der Waals surface area contributed by atoms with Gasteiger partial charge >= 0.3 is 0 Å². The summed E-state index contributed by atoms with van der Waals surface area (Å²) in [6, 6.07) is 45.1. The summed E-state index contributed by atoms with van der Waals surface area (Å²) < 4.78 is 2.77. The monoisotopic (exact) mass is 583 g/mol. The maximum Gasteiger partial charge on any atom is 0.0437 e. The Morgan fingerprint density at radius 1 is 0.455 bits per heavy atom. The van der Waals surface area contributed by atoms with E-state index in [0.29, 0.717) is 0 Å². The molecule has 0 aliphatic heterocycles. The van der Waals surface area contributed by atoms with E-state index in [9.17, 15) is 0 Å². The van der Waals surface area contributed by atoms with E-state index in [1.807, 2.05) is 11.3 Å². The van der Waals surface area contributed by atoms with Crippen molar-refractivity contribution in [3.63, 3.8) is 0 Å². The molecule has 9 rings (SSSR count). The molecule has 1 N–H and O–H groups in total. The first-order valence-electron chi connectivity index (χ1n) is 15.5. The highest BCUT2D eigenvalue weighted by atomic mass is 32.1. The van der Waals surface area contributed by atoms with E-state index in [1.165, 1.54) is 75.8 Å². The van der Waals surface area contributed by atoms with Gasteiger partial charge in [0, 0.05) is 47.9 Å². The maximum atomic E-state index is 3.68. The molecule has 0 fully saturated rings. The summed E-state index contributed by atoms with van der Waals surface area (Å²) in [6.07, 6.45) is 0. The van der Waals surface area contributed by atoms with Crippen molar-refractivity contribution in [3.05, 3.63) is 144 Å². The Morgan fingerprint density at radius 3 is 1.86 bits per heavy atom. The van der Waals surface area contributed by atoms with Crippen LogP contribution in [0.2, 0.25) is 0 Å². The molecule has 1 nitrogen and oxygen atoms in total. The molecule has 0 spiro atoms. The van der Waals surface area contributed by atoms with Gasteiger partial charge < -0.3 is 5.32 Å². The van der Waals surface area contributed by atoms with E-state index in [4.69, 9.17) is 0 Å². The Bertz CT molecular complexity index is 2300. The zero-order valence-electron chi connectivity index (χ0n) is 25.5. The fraction of sp³-hybridized carbons (Fsp3) is 0.143. The average Bonchev–Trinajstić information content (AvgIpc) is 3.62. The number of nitrogens with one attached hydrogen (secondary N) is 1. The minimum Gasteiger partial charge on any atom is -0.356 e. The third kappa shape index (κ3) is 3.46. The lowest BCUT2D eigenvalue weighted by molar-refractivity contribution is 0.660. The number of rotatable bonds is 3. The number of anilines is 2. The minimum absolute atomic E-state index is 0.00560. The summed E-state index contributed by atoms with van der Waals surface area (Å²) in [5.74, 6) is 0. The summed E-state index contributed by atoms with van der Waals surface area (Å²) in [5.41, 5.74) is 16.0. The fourth-order valence-electron chi connectivity index (χ4n) is 7.95. The number of thiophene rings is 1. The number of fused-ring (bicyclic) bond motifs is 10. The summed E-state index contributed by atoms with van der Waals surface area (Å²) in [5, 5.41) is 6.39. The molecule has 212 valence electrons. The van der Waals surface area contributed by atoms with Crippen LogP contribution in [0.1, 0.15) is 49.9 Å². The van der Waals surface area contributed by atoms with Crippen LogP contribution in [0.5, 0.6) is 0 Å². The van der Waals surface area contributed by atoms with Crippen LogP contribution in [-0.2, 0) is 10.8 Å². The molecule has 0 atom stereocenters. The number of benzene rings is 6. The van der Waals surface area contributed by atoms with Crippen molar-refractivity contribution >= 4 is 42.9 Å². The zero-order valence-corrected chi connectivity index (χ0v) is 26.3. The number of hydrogen-bond acceptors (Lipinski definition) is 2. The highest BCUT2D eigenvalue weighted by molar-refractivity contribution is 7.27. The second kappa shape index (κ2) is 8.94. The smallest absolute Gasteiger partial charge is 0.0437 e. The molecule has 44 heavy (non-hydrogen) atoms. The maximum absolute atomic E-state index is 3.68. The molecule has 6 aromatic carbocycles. The van der Waals surface area contributed by atoms with Crippen molar-refractivity contribution in [2.45, 2.75) is 38.5 Å². The Hall–Kier alpha value is -4.66. The van der Waals surface area contributed by atoms with E-state index in [1.54, 1.807) is 0 Å². The number of hydrogen-bond donors (Lipinski definition) is 1. The van der Waals surface area contributed by atoms with Crippen LogP contribution >= 0.6 is 11.3 Å². The Morgan fingerprint density at radius 2 is 1.07 bits per heavy atom. The molecule has 0 bridgehead atoms. The predicted molar refractivity (Wildman–Crippen MR) is 190 cm³/mol. The lowest BCUT2D eigenvalue weighted by Gasteiger charge is -2.22. The van der Waals surface area contributed by atoms with E-state index >= 15 is 0 Å². The van der Waals surface area contributed by atoms with Gasteiger partial charge in [-0.1, -0.05) is 125 Å². The standard InChI is InChI=1S/C42H33NS/c1-41(2)35-15-8-6-11-33(35)38-36(41)23-22-32-31-13-9-12-28(39(31)44-40(32)38)25-16-18-26(19-17-25)43-27-20-21-30-29-10-5-7-14-34(29)42(3,4)37(30)24-27/h5-24,43H,1-4H3. The molecule has 0 unspecified atom stereocenters. The lowest BCUT2D eigenvalue weighted by Crippen LogP contribution is -2.15. The normalized spacial score (nSPS) is 15.2. The SMILES string of the molecule is CC1(C)c2ccccc2-c2ccc(Nc3ccc(-c4cccc5c4sc4c6c(ccc45)C(C)(C)c4ccccc4-6)cc3)cc21. The van der Waals surface area contributed by atoms with Crippen LogP contribution in [0.15, 0.2) is 121 Å². The molecule has 7 aromatic rings. The molecule has 0 saturated carbocycles. The first kappa shape index (κ1) is 25.8. The molecule has 1 aromatic heterocycles. The Balaban J connectivity index is 1.08. The predicted octanol–water partition coefficient (Wildman–Crippen LogP) is 12.1. The van der Waals surface area contributed by atoms with Gasteiger partial charge in [0.15, 0.2) is 0 Å². The van der Waals surface area contributed by atoms with Crippen molar-refractivity contribution in [2.75, 3.05) is 5.32 Å². The minimum atomic E-state index is -0.00560. The lowest BCUT2D eigenvalue weighted by atomic mass is 9.82.